The first kappa shape index (κ1) is 23.2. The van der Waals surface area contributed by atoms with Gasteiger partial charge in [0.2, 0.25) is 5.82 Å². The van der Waals surface area contributed by atoms with Crippen LogP contribution in [0, 0.1) is 16.7 Å². The number of carbonyl (C=O) groups excluding carboxylic acids is 1. The zero-order valence-corrected chi connectivity index (χ0v) is 18.1. The molecule has 2 aromatic heterocycles. The van der Waals surface area contributed by atoms with Crippen LogP contribution in [0.4, 0.5) is 24.8 Å². The monoisotopic (exact) mass is 447 g/mol. The fraction of sp³-hybridized carbons (Fsp3) is 0.476. The average Bonchev–Trinajstić information content (AvgIpc) is 3.26. The Labute approximate surface area is 184 Å². The van der Waals surface area contributed by atoms with Crippen molar-refractivity contribution >= 4 is 17.5 Å². The molecule has 8 nitrogen and oxygen atoms in total. The third kappa shape index (κ3) is 5.84. The first-order valence-corrected chi connectivity index (χ1v) is 10.1. The van der Waals surface area contributed by atoms with Crippen molar-refractivity contribution < 1.29 is 18.0 Å². The molecule has 0 radical (unpaired) electrons. The number of anilines is 2. The van der Waals surface area contributed by atoms with Crippen LogP contribution in [0.25, 0.3) is 0 Å². The van der Waals surface area contributed by atoms with Crippen LogP contribution in [0.2, 0.25) is 0 Å². The molecule has 11 heteroatoms. The molecule has 3 heterocycles. The molecular weight excluding hydrogens is 423 g/mol. The van der Waals surface area contributed by atoms with Crippen LogP contribution in [0.1, 0.15) is 55.5 Å². The van der Waals surface area contributed by atoms with Gasteiger partial charge in [-0.3, -0.25) is 15.2 Å². The molecule has 3 rings (SSSR count). The summed E-state index contributed by atoms with van der Waals surface area (Å²) < 4.78 is 39.8. The zero-order valence-electron chi connectivity index (χ0n) is 18.1. The van der Waals surface area contributed by atoms with Crippen LogP contribution >= 0.6 is 0 Å². The van der Waals surface area contributed by atoms with Crippen molar-refractivity contribution in [3.8, 4) is 6.07 Å². The Hall–Kier alpha value is -3.42. The molecule has 1 amide bonds. The van der Waals surface area contributed by atoms with E-state index in [1.54, 1.807) is 12.1 Å². The molecule has 32 heavy (non-hydrogen) atoms. The van der Waals surface area contributed by atoms with Crippen molar-refractivity contribution in [2.24, 2.45) is 5.41 Å². The summed E-state index contributed by atoms with van der Waals surface area (Å²) in [6, 6.07) is 5.61. The van der Waals surface area contributed by atoms with Crippen LogP contribution in [-0.2, 0) is 6.18 Å². The van der Waals surface area contributed by atoms with E-state index < -0.39 is 29.0 Å². The molecule has 0 aliphatic carbocycles. The number of nitrogens with zero attached hydrogens (tertiary/aromatic N) is 6. The minimum Gasteiger partial charge on any atom is -0.357 e. The van der Waals surface area contributed by atoms with Crippen LogP contribution in [0.15, 0.2) is 24.4 Å². The maximum Gasteiger partial charge on any atom is 0.433 e. The SMILES string of the molecule is CC(C)(C)CN(NC(=O)c1ccc(N2CCCC2)nc1)c1cc(C(F)(F)F)nc(C#N)n1. The first-order valence-electron chi connectivity index (χ1n) is 10.1. The van der Waals surface area contributed by atoms with Gasteiger partial charge in [-0.15, -0.1) is 0 Å². The molecule has 1 aliphatic rings. The highest BCUT2D eigenvalue weighted by molar-refractivity contribution is 5.94. The summed E-state index contributed by atoms with van der Waals surface area (Å²) in [5.74, 6) is -0.649. The maximum absolute atomic E-state index is 13.3. The van der Waals surface area contributed by atoms with Crippen LogP contribution in [-0.4, -0.2) is 40.5 Å². The third-order valence-corrected chi connectivity index (χ3v) is 4.69. The van der Waals surface area contributed by atoms with Crippen molar-refractivity contribution in [1.82, 2.24) is 20.4 Å². The van der Waals surface area contributed by atoms with E-state index in [9.17, 15) is 18.0 Å². The van der Waals surface area contributed by atoms with E-state index in [0.717, 1.165) is 31.7 Å². The Morgan fingerprint density at radius 2 is 1.91 bits per heavy atom. The second-order valence-electron chi connectivity index (χ2n) is 8.73. The number of pyridine rings is 1. The molecule has 0 unspecified atom stereocenters. The van der Waals surface area contributed by atoms with Crippen molar-refractivity contribution in [2.75, 3.05) is 29.5 Å². The number of nitriles is 1. The predicted octanol–water partition coefficient (Wildman–Crippen LogP) is 3.56. The Morgan fingerprint density at radius 3 is 2.44 bits per heavy atom. The van der Waals surface area contributed by atoms with Gasteiger partial charge in [0.25, 0.3) is 5.91 Å². The molecule has 0 saturated carbocycles. The van der Waals surface area contributed by atoms with E-state index in [-0.39, 0.29) is 17.9 Å². The molecule has 1 saturated heterocycles. The highest BCUT2D eigenvalue weighted by Crippen LogP contribution is 2.30. The minimum atomic E-state index is -4.77. The van der Waals surface area contributed by atoms with Gasteiger partial charge in [-0.1, -0.05) is 20.8 Å². The number of aromatic nitrogens is 3. The third-order valence-electron chi connectivity index (χ3n) is 4.69. The highest BCUT2D eigenvalue weighted by Gasteiger charge is 2.35. The smallest absolute Gasteiger partial charge is 0.357 e. The second kappa shape index (κ2) is 8.98. The summed E-state index contributed by atoms with van der Waals surface area (Å²) in [5.41, 5.74) is 1.17. The standard InChI is InChI=1S/C21H24F3N7O/c1-20(2,3)13-31(18-10-15(21(22,23)24)27-16(11-25)28-18)29-19(32)14-6-7-17(26-12-14)30-8-4-5-9-30/h6-7,10,12H,4-5,8-9,13H2,1-3H3,(H,29,32). The zero-order chi connectivity index (χ0) is 23.5. The van der Waals surface area contributed by atoms with Gasteiger partial charge in [-0.05, 0) is 30.4 Å². The number of rotatable bonds is 5. The van der Waals surface area contributed by atoms with E-state index in [1.165, 1.54) is 17.3 Å². The molecule has 0 bridgehead atoms. The quantitative estimate of drug-likeness (QED) is 0.700. The van der Waals surface area contributed by atoms with E-state index in [0.29, 0.717) is 6.07 Å². The van der Waals surface area contributed by atoms with Gasteiger partial charge in [0.05, 0.1) is 5.56 Å². The Balaban J connectivity index is 1.88. The van der Waals surface area contributed by atoms with E-state index in [2.05, 4.69) is 25.3 Å². The number of alkyl halides is 3. The number of hydrogen-bond acceptors (Lipinski definition) is 7. The van der Waals surface area contributed by atoms with Gasteiger partial charge in [-0.2, -0.15) is 23.4 Å². The van der Waals surface area contributed by atoms with Gasteiger partial charge in [0, 0.05) is 31.9 Å². The number of hydrazine groups is 1. The largest absolute Gasteiger partial charge is 0.433 e. The van der Waals surface area contributed by atoms with Crippen LogP contribution in [0.5, 0.6) is 0 Å². The van der Waals surface area contributed by atoms with Gasteiger partial charge in [-0.25, -0.2) is 9.97 Å². The summed E-state index contributed by atoms with van der Waals surface area (Å²) >= 11 is 0. The van der Waals surface area contributed by atoms with E-state index >= 15 is 0 Å². The van der Waals surface area contributed by atoms with Crippen LogP contribution in [0.3, 0.4) is 0 Å². The number of amides is 1. The number of carbonyl (C=O) groups is 1. The summed E-state index contributed by atoms with van der Waals surface area (Å²) in [6.45, 7) is 7.53. The summed E-state index contributed by atoms with van der Waals surface area (Å²) in [5, 5.41) is 10.3. The number of halogens is 3. The lowest BCUT2D eigenvalue weighted by Crippen LogP contribution is -2.47. The molecule has 1 fully saturated rings. The fourth-order valence-electron chi connectivity index (χ4n) is 3.26. The summed E-state index contributed by atoms with van der Waals surface area (Å²) in [6.07, 6.45) is -1.15. The lowest BCUT2D eigenvalue weighted by atomic mass is 9.96. The lowest BCUT2D eigenvalue weighted by molar-refractivity contribution is -0.141. The molecule has 0 spiro atoms. The van der Waals surface area contributed by atoms with Gasteiger partial charge in [0.1, 0.15) is 11.9 Å². The van der Waals surface area contributed by atoms with E-state index in [1.807, 2.05) is 20.8 Å². The normalized spacial score (nSPS) is 14.2. The maximum atomic E-state index is 13.3. The molecular formula is C21H24F3N7O. The van der Waals surface area contributed by atoms with Gasteiger partial charge < -0.3 is 4.90 Å². The summed E-state index contributed by atoms with van der Waals surface area (Å²) in [7, 11) is 0. The molecule has 1 N–H and O–H groups in total. The number of nitrogens with one attached hydrogen (secondary N) is 1. The van der Waals surface area contributed by atoms with Gasteiger partial charge in [0.15, 0.2) is 11.5 Å². The molecule has 0 aromatic carbocycles. The van der Waals surface area contributed by atoms with Crippen molar-refractivity contribution in [3.05, 3.63) is 41.5 Å². The summed E-state index contributed by atoms with van der Waals surface area (Å²) in [4.78, 5) is 26.4. The highest BCUT2D eigenvalue weighted by atomic mass is 19.4. The Morgan fingerprint density at radius 1 is 1.22 bits per heavy atom. The molecule has 170 valence electrons. The first-order chi connectivity index (χ1) is 15.0. The molecule has 1 aliphatic heterocycles. The van der Waals surface area contributed by atoms with Crippen molar-refractivity contribution in [1.29, 1.82) is 5.26 Å². The van der Waals surface area contributed by atoms with Crippen molar-refractivity contribution in [3.63, 3.8) is 0 Å². The Kier molecular flexibility index (Phi) is 6.52. The lowest BCUT2D eigenvalue weighted by Gasteiger charge is -2.31. The number of hydrogen-bond donors (Lipinski definition) is 1. The predicted molar refractivity (Wildman–Crippen MR) is 112 cm³/mol. The average molecular weight is 447 g/mol. The van der Waals surface area contributed by atoms with Crippen molar-refractivity contribution in [2.45, 2.75) is 39.8 Å². The Bertz CT molecular complexity index is 1000. The molecule has 2 aromatic rings. The van der Waals surface area contributed by atoms with Gasteiger partial charge >= 0.3 is 6.18 Å². The van der Waals surface area contributed by atoms with Crippen LogP contribution < -0.4 is 15.3 Å². The fourth-order valence-corrected chi connectivity index (χ4v) is 3.26. The second-order valence-corrected chi connectivity index (χ2v) is 8.73. The molecule has 0 atom stereocenters. The van der Waals surface area contributed by atoms with E-state index in [4.69, 9.17) is 5.26 Å². The topological polar surface area (TPSA) is 98.0 Å². The minimum absolute atomic E-state index is 0.136.